The van der Waals surface area contributed by atoms with E-state index in [9.17, 15) is 14.7 Å². The van der Waals surface area contributed by atoms with Crippen LogP contribution in [0.3, 0.4) is 0 Å². The van der Waals surface area contributed by atoms with Gasteiger partial charge in [-0.3, -0.25) is 4.79 Å². The molecule has 6 heteroatoms. The van der Waals surface area contributed by atoms with Crippen LogP contribution < -0.4 is 4.74 Å². The number of rotatable bonds is 4. The quantitative estimate of drug-likeness (QED) is 0.523. The van der Waals surface area contributed by atoms with Crippen molar-refractivity contribution >= 4 is 23.4 Å². The van der Waals surface area contributed by atoms with E-state index in [-0.39, 0.29) is 22.9 Å². The van der Waals surface area contributed by atoms with Gasteiger partial charge in [-0.15, -0.1) is 0 Å². The van der Waals surface area contributed by atoms with Gasteiger partial charge in [0.05, 0.1) is 24.3 Å². The minimum atomic E-state index is -1.04. The first-order valence-corrected chi connectivity index (χ1v) is 6.01. The predicted octanol–water partition coefficient (Wildman–Crippen LogP) is 2.42. The van der Waals surface area contributed by atoms with E-state index in [1.807, 2.05) is 0 Å². The zero-order valence-electron chi connectivity index (χ0n) is 11.2. The molecule has 0 bridgehead atoms. The summed E-state index contributed by atoms with van der Waals surface area (Å²) < 4.78 is 9.63. The largest absolute Gasteiger partial charge is 0.504 e. The lowest BCUT2D eigenvalue weighted by Gasteiger charge is -2.15. The van der Waals surface area contributed by atoms with Crippen molar-refractivity contribution in [1.82, 2.24) is 0 Å². The molecule has 0 radical (unpaired) electrons. The lowest BCUT2D eigenvalue weighted by atomic mass is 9.99. The summed E-state index contributed by atoms with van der Waals surface area (Å²) in [7, 11) is 1.34. The standard InChI is InChI=1S/C13H15ClO5/c1-5-19-13(17)11(16)8-6(2)9(14)7(3)12(18-4)10(8)15/h15H,5H2,1-4H3. The number of hydrogen-bond donors (Lipinski definition) is 1. The van der Waals surface area contributed by atoms with Crippen LogP contribution in [0.5, 0.6) is 11.5 Å². The van der Waals surface area contributed by atoms with E-state index in [0.29, 0.717) is 11.1 Å². The molecule has 1 N–H and O–H groups in total. The van der Waals surface area contributed by atoms with Crippen LogP contribution in [0.1, 0.15) is 28.4 Å². The first-order chi connectivity index (χ1) is 8.86. The van der Waals surface area contributed by atoms with Gasteiger partial charge in [0.1, 0.15) is 0 Å². The molecule has 0 aromatic heterocycles. The van der Waals surface area contributed by atoms with Crippen LogP contribution in [-0.4, -0.2) is 30.6 Å². The maximum Gasteiger partial charge on any atom is 0.379 e. The highest BCUT2D eigenvalue weighted by molar-refractivity contribution is 6.43. The summed E-state index contributed by atoms with van der Waals surface area (Å²) in [6.07, 6.45) is 0. The van der Waals surface area contributed by atoms with Gasteiger partial charge >= 0.3 is 5.97 Å². The zero-order valence-corrected chi connectivity index (χ0v) is 11.9. The average Bonchev–Trinajstić information content (AvgIpc) is 2.37. The number of halogens is 1. The van der Waals surface area contributed by atoms with Gasteiger partial charge in [-0.05, 0) is 26.3 Å². The molecular weight excluding hydrogens is 272 g/mol. The van der Waals surface area contributed by atoms with Crippen molar-refractivity contribution in [2.75, 3.05) is 13.7 Å². The zero-order chi connectivity index (χ0) is 14.7. The van der Waals surface area contributed by atoms with Crippen molar-refractivity contribution in [3.63, 3.8) is 0 Å². The number of Topliss-reactive ketones (excluding diaryl/α,β-unsaturated/α-hetero) is 1. The molecule has 0 spiro atoms. The Labute approximate surface area is 116 Å². The van der Waals surface area contributed by atoms with Crippen molar-refractivity contribution in [1.29, 1.82) is 0 Å². The minimum Gasteiger partial charge on any atom is -0.504 e. The number of ketones is 1. The van der Waals surface area contributed by atoms with Crippen molar-refractivity contribution in [2.24, 2.45) is 0 Å². The molecule has 0 aliphatic rings. The Morgan fingerprint density at radius 2 is 1.84 bits per heavy atom. The number of ether oxygens (including phenoxy) is 2. The second-order valence-electron chi connectivity index (χ2n) is 3.87. The molecule has 1 rings (SSSR count). The Kier molecular flexibility index (Phi) is 4.78. The molecule has 5 nitrogen and oxygen atoms in total. The van der Waals surface area contributed by atoms with Gasteiger partial charge in [0.25, 0.3) is 5.78 Å². The average molecular weight is 287 g/mol. The second-order valence-corrected chi connectivity index (χ2v) is 4.25. The third-order valence-electron chi connectivity index (χ3n) is 2.72. The lowest BCUT2D eigenvalue weighted by molar-refractivity contribution is -0.137. The lowest BCUT2D eigenvalue weighted by Crippen LogP contribution is -2.19. The van der Waals surface area contributed by atoms with Gasteiger partial charge < -0.3 is 14.6 Å². The number of phenols is 1. The van der Waals surface area contributed by atoms with Crippen molar-refractivity contribution in [3.8, 4) is 11.5 Å². The van der Waals surface area contributed by atoms with E-state index in [4.69, 9.17) is 16.3 Å². The van der Waals surface area contributed by atoms with Crippen molar-refractivity contribution in [2.45, 2.75) is 20.8 Å². The maximum absolute atomic E-state index is 12.0. The van der Waals surface area contributed by atoms with Gasteiger partial charge in [0.2, 0.25) is 0 Å². The van der Waals surface area contributed by atoms with Crippen molar-refractivity contribution in [3.05, 3.63) is 21.7 Å². The number of esters is 1. The molecule has 0 saturated heterocycles. The minimum absolute atomic E-state index is 0.0705. The Morgan fingerprint density at radius 1 is 1.26 bits per heavy atom. The van der Waals surface area contributed by atoms with Gasteiger partial charge in [-0.25, -0.2) is 4.79 Å². The highest BCUT2D eigenvalue weighted by atomic mass is 35.5. The third-order valence-corrected chi connectivity index (χ3v) is 3.28. The van der Waals surface area contributed by atoms with Crippen LogP contribution in [0, 0.1) is 13.8 Å². The molecule has 104 valence electrons. The number of hydrogen-bond acceptors (Lipinski definition) is 5. The molecule has 0 amide bonds. The van der Waals surface area contributed by atoms with Crippen LogP contribution in [0.15, 0.2) is 0 Å². The van der Waals surface area contributed by atoms with Gasteiger partial charge in [-0.2, -0.15) is 0 Å². The summed E-state index contributed by atoms with van der Waals surface area (Å²) in [5, 5.41) is 10.3. The summed E-state index contributed by atoms with van der Waals surface area (Å²) >= 11 is 6.07. The first kappa shape index (κ1) is 15.3. The van der Waals surface area contributed by atoms with Crippen LogP contribution in [0.25, 0.3) is 0 Å². The van der Waals surface area contributed by atoms with Crippen LogP contribution in [0.2, 0.25) is 5.02 Å². The maximum atomic E-state index is 12.0. The van der Waals surface area contributed by atoms with Crippen molar-refractivity contribution < 1.29 is 24.2 Å². The molecule has 1 aromatic rings. The normalized spacial score (nSPS) is 10.2. The molecule has 1 aromatic carbocycles. The van der Waals surface area contributed by atoms with E-state index in [2.05, 4.69) is 4.74 Å². The summed E-state index contributed by atoms with van der Waals surface area (Å²) in [6.45, 7) is 4.84. The van der Waals surface area contributed by atoms with Crippen LogP contribution in [0.4, 0.5) is 0 Å². The summed E-state index contributed by atoms with van der Waals surface area (Å²) in [5.41, 5.74) is 0.626. The molecular formula is C13H15ClO5. The predicted molar refractivity (Wildman–Crippen MR) is 70.1 cm³/mol. The van der Waals surface area contributed by atoms with E-state index < -0.39 is 17.5 Å². The van der Waals surface area contributed by atoms with Crippen LogP contribution in [-0.2, 0) is 9.53 Å². The number of carbonyl (C=O) groups is 2. The monoisotopic (exact) mass is 286 g/mol. The summed E-state index contributed by atoms with van der Waals surface area (Å²) in [5.74, 6) is -2.32. The fourth-order valence-corrected chi connectivity index (χ4v) is 1.97. The summed E-state index contributed by atoms with van der Waals surface area (Å²) in [4.78, 5) is 23.4. The molecule has 0 aliphatic carbocycles. The Hall–Kier alpha value is -1.75. The SMILES string of the molecule is CCOC(=O)C(=O)c1c(C)c(Cl)c(C)c(OC)c1O. The number of methoxy groups -OCH3 is 1. The molecule has 19 heavy (non-hydrogen) atoms. The first-order valence-electron chi connectivity index (χ1n) is 5.63. The molecule has 0 saturated carbocycles. The molecule has 0 aliphatic heterocycles. The van der Waals surface area contributed by atoms with Gasteiger partial charge in [0.15, 0.2) is 11.5 Å². The second kappa shape index (κ2) is 5.93. The number of phenolic OH excluding ortho intramolecular Hbond substituents is 1. The topological polar surface area (TPSA) is 72.8 Å². The highest BCUT2D eigenvalue weighted by Crippen LogP contribution is 2.41. The van der Waals surface area contributed by atoms with E-state index in [1.54, 1.807) is 20.8 Å². The summed E-state index contributed by atoms with van der Waals surface area (Å²) in [6, 6.07) is 0. The number of benzene rings is 1. The fraction of sp³-hybridized carbons (Fsp3) is 0.385. The van der Waals surface area contributed by atoms with Gasteiger partial charge in [-0.1, -0.05) is 11.6 Å². The molecule has 0 atom stereocenters. The number of carbonyl (C=O) groups excluding carboxylic acids is 2. The molecule has 0 unspecified atom stereocenters. The molecule has 0 heterocycles. The highest BCUT2D eigenvalue weighted by Gasteiger charge is 2.28. The smallest absolute Gasteiger partial charge is 0.379 e. The van der Waals surface area contributed by atoms with Crippen LogP contribution >= 0.6 is 11.6 Å². The number of aromatic hydroxyl groups is 1. The van der Waals surface area contributed by atoms with E-state index >= 15 is 0 Å². The molecule has 0 fully saturated rings. The Balaban J connectivity index is 3.48. The Morgan fingerprint density at radius 3 is 2.32 bits per heavy atom. The van der Waals surface area contributed by atoms with E-state index in [1.165, 1.54) is 7.11 Å². The third kappa shape index (κ3) is 2.66. The van der Waals surface area contributed by atoms with E-state index in [0.717, 1.165) is 0 Å². The van der Waals surface area contributed by atoms with Gasteiger partial charge in [0, 0.05) is 5.56 Å². The Bertz CT molecular complexity index is 537. The fourth-order valence-electron chi connectivity index (χ4n) is 1.79.